The number of aliphatic imine (C=N–C) groups is 1. The van der Waals surface area contributed by atoms with Crippen molar-refractivity contribution in [2.24, 2.45) is 16.6 Å². The second-order valence-electron chi connectivity index (χ2n) is 8.04. The van der Waals surface area contributed by atoms with E-state index < -0.39 is 6.04 Å². The summed E-state index contributed by atoms with van der Waals surface area (Å²) in [5, 5.41) is 2.93. The van der Waals surface area contributed by atoms with Crippen molar-refractivity contribution < 1.29 is 9.59 Å². The molecule has 0 spiro atoms. The molecule has 0 saturated carbocycles. The van der Waals surface area contributed by atoms with Gasteiger partial charge in [0.1, 0.15) is 0 Å². The lowest BCUT2D eigenvalue weighted by molar-refractivity contribution is -0.123. The van der Waals surface area contributed by atoms with E-state index in [1.54, 1.807) is 6.08 Å². The molecule has 0 saturated heterocycles. The molecular weight excluding hydrogens is 350 g/mol. The summed E-state index contributed by atoms with van der Waals surface area (Å²) >= 11 is 0. The van der Waals surface area contributed by atoms with Crippen LogP contribution < -0.4 is 11.1 Å². The maximum absolute atomic E-state index is 12.5. The lowest BCUT2D eigenvalue weighted by Gasteiger charge is -2.23. The fourth-order valence-corrected chi connectivity index (χ4v) is 3.49. The van der Waals surface area contributed by atoms with Crippen molar-refractivity contribution in [2.75, 3.05) is 0 Å². The highest BCUT2D eigenvalue weighted by molar-refractivity contribution is 6.10. The molecule has 2 rings (SSSR count). The van der Waals surface area contributed by atoms with Crippen LogP contribution in [0.3, 0.4) is 0 Å². The molecule has 5 nitrogen and oxygen atoms in total. The highest BCUT2D eigenvalue weighted by Crippen LogP contribution is 2.31. The number of nitrogens with two attached hydrogens (primary N) is 1. The van der Waals surface area contributed by atoms with Crippen LogP contribution in [0.1, 0.15) is 70.4 Å². The Labute approximate surface area is 168 Å². The molecule has 0 radical (unpaired) electrons. The molecule has 1 unspecified atom stereocenters. The van der Waals surface area contributed by atoms with Crippen molar-refractivity contribution in [3.05, 3.63) is 47.5 Å². The third-order valence-electron chi connectivity index (χ3n) is 5.16. The Kier molecular flexibility index (Phi) is 8.12. The van der Waals surface area contributed by atoms with Gasteiger partial charge in [-0.05, 0) is 48.6 Å². The second-order valence-corrected chi connectivity index (χ2v) is 8.04. The third-order valence-corrected chi connectivity index (χ3v) is 5.16. The number of benzene rings is 1. The van der Waals surface area contributed by atoms with Gasteiger partial charge in [0.05, 0.1) is 11.8 Å². The van der Waals surface area contributed by atoms with E-state index in [-0.39, 0.29) is 17.9 Å². The summed E-state index contributed by atoms with van der Waals surface area (Å²) in [4.78, 5) is 28.9. The highest BCUT2D eigenvalue weighted by atomic mass is 16.2. The smallest absolute Gasteiger partial charge is 0.269 e. The number of nitrogens with one attached hydrogen (secondary N) is 1. The number of nitrogens with zero attached hydrogens (tertiary/aromatic N) is 1. The Morgan fingerprint density at radius 2 is 2.04 bits per heavy atom. The van der Waals surface area contributed by atoms with Gasteiger partial charge in [0.15, 0.2) is 0 Å². The average molecular weight is 384 g/mol. The molecular formula is C23H33N3O2. The maximum Gasteiger partial charge on any atom is 0.269 e. The zero-order valence-electron chi connectivity index (χ0n) is 17.4. The molecule has 0 fully saturated rings. The number of amides is 2. The van der Waals surface area contributed by atoms with Gasteiger partial charge in [0.25, 0.3) is 5.91 Å². The quantitative estimate of drug-likeness (QED) is 0.704. The van der Waals surface area contributed by atoms with E-state index in [1.807, 2.05) is 25.1 Å². The summed E-state index contributed by atoms with van der Waals surface area (Å²) in [5.41, 5.74) is 8.98. The van der Waals surface area contributed by atoms with Crippen molar-refractivity contribution >= 4 is 17.5 Å². The summed E-state index contributed by atoms with van der Waals surface area (Å²) in [5.74, 6) is 0.379. The second kappa shape index (κ2) is 10.3. The molecule has 3 atom stereocenters. The molecule has 0 heterocycles. The van der Waals surface area contributed by atoms with Crippen molar-refractivity contribution in [3.63, 3.8) is 0 Å². The molecule has 2 amide bonds. The van der Waals surface area contributed by atoms with E-state index in [0.717, 1.165) is 30.5 Å². The minimum absolute atomic E-state index is 0.188. The zero-order valence-corrected chi connectivity index (χ0v) is 17.4. The van der Waals surface area contributed by atoms with E-state index in [0.29, 0.717) is 18.3 Å². The van der Waals surface area contributed by atoms with Gasteiger partial charge in [0.2, 0.25) is 5.91 Å². The van der Waals surface area contributed by atoms with Gasteiger partial charge in [-0.25, -0.2) is 4.99 Å². The number of carbonyl (C=O) groups is 2. The van der Waals surface area contributed by atoms with Gasteiger partial charge in [-0.15, -0.1) is 0 Å². The van der Waals surface area contributed by atoms with E-state index in [4.69, 9.17) is 5.73 Å². The van der Waals surface area contributed by atoms with Gasteiger partial charge in [-0.3, -0.25) is 9.59 Å². The van der Waals surface area contributed by atoms with Crippen LogP contribution >= 0.6 is 0 Å². The number of hydrogen-bond acceptors (Lipinski definition) is 3. The largest absolute Gasteiger partial charge is 0.349 e. The van der Waals surface area contributed by atoms with Crippen molar-refractivity contribution in [1.82, 2.24) is 5.32 Å². The van der Waals surface area contributed by atoms with Crippen LogP contribution in [0.4, 0.5) is 0 Å². The van der Waals surface area contributed by atoms with Crippen molar-refractivity contribution in [3.8, 4) is 0 Å². The molecule has 0 aromatic heterocycles. The molecule has 3 N–H and O–H groups in total. The first-order valence-electron chi connectivity index (χ1n) is 10.3. The van der Waals surface area contributed by atoms with Crippen molar-refractivity contribution in [1.29, 1.82) is 0 Å². The van der Waals surface area contributed by atoms with Gasteiger partial charge in [0, 0.05) is 12.1 Å². The first-order valence-corrected chi connectivity index (χ1v) is 10.3. The number of rotatable bonds is 7. The first kappa shape index (κ1) is 22.0. The Balaban J connectivity index is 2.12. The maximum atomic E-state index is 12.5. The van der Waals surface area contributed by atoms with E-state index >= 15 is 0 Å². The fourth-order valence-electron chi connectivity index (χ4n) is 3.49. The minimum Gasteiger partial charge on any atom is -0.349 e. The Morgan fingerprint density at radius 1 is 1.32 bits per heavy atom. The number of carbonyl (C=O) groups excluding carboxylic acids is 2. The fraction of sp³-hybridized carbons (Fsp3) is 0.522. The van der Waals surface area contributed by atoms with Crippen LogP contribution in [0, 0.1) is 5.92 Å². The first-order chi connectivity index (χ1) is 13.3. The average Bonchev–Trinajstić information content (AvgIpc) is 2.67. The molecule has 1 aromatic carbocycles. The summed E-state index contributed by atoms with van der Waals surface area (Å²) < 4.78 is 0. The molecule has 1 aliphatic rings. The van der Waals surface area contributed by atoms with Crippen LogP contribution in [-0.2, 0) is 9.59 Å². The van der Waals surface area contributed by atoms with Crippen LogP contribution in [0.25, 0.3) is 0 Å². The highest BCUT2D eigenvalue weighted by Gasteiger charge is 2.21. The molecule has 1 aliphatic carbocycles. The number of fused-ring (bicyclic) bond motifs is 1. The molecule has 152 valence electrons. The standard InChI is InChI=1S/C23H33N3O2/c1-5-20(24)23(28)25-17(14-15(2)3)11-13-22(27)26-21-12-10-16(4)18-8-6-7-9-19(18)21/h6-9,11,13,15-17,20H,5,10,12,14,24H2,1-4H3,(H,25,28)/b13-11+,26-21?/t16?,17-,20+/m1/s1. The number of hydrogen-bond donors (Lipinski definition) is 2. The third kappa shape index (κ3) is 6.13. The zero-order chi connectivity index (χ0) is 20.7. The van der Waals surface area contributed by atoms with Crippen LogP contribution in [-0.4, -0.2) is 29.6 Å². The lowest BCUT2D eigenvalue weighted by Crippen LogP contribution is -2.44. The molecule has 0 aliphatic heterocycles. The molecule has 28 heavy (non-hydrogen) atoms. The Hall–Kier alpha value is -2.27. The molecule has 0 bridgehead atoms. The van der Waals surface area contributed by atoms with Gasteiger partial charge < -0.3 is 11.1 Å². The molecule has 1 aromatic rings. The molecule has 5 heteroatoms. The van der Waals surface area contributed by atoms with E-state index in [2.05, 4.69) is 37.1 Å². The Bertz CT molecular complexity index is 752. The summed E-state index contributed by atoms with van der Waals surface area (Å²) in [6.07, 6.45) is 6.32. The topological polar surface area (TPSA) is 84.5 Å². The summed E-state index contributed by atoms with van der Waals surface area (Å²) in [7, 11) is 0. The lowest BCUT2D eigenvalue weighted by atomic mass is 9.83. The Morgan fingerprint density at radius 3 is 2.71 bits per heavy atom. The van der Waals surface area contributed by atoms with Crippen molar-refractivity contribution in [2.45, 2.75) is 71.4 Å². The minimum atomic E-state index is -0.528. The van der Waals surface area contributed by atoms with E-state index in [9.17, 15) is 9.59 Å². The SMILES string of the molecule is CC[C@H](N)C(=O)N[C@H](/C=C/C(=O)N=C1CCC(C)c2ccccc21)CC(C)C. The summed E-state index contributed by atoms with van der Waals surface area (Å²) in [6, 6.07) is 7.40. The normalized spacial score (nSPS) is 20.2. The van der Waals surface area contributed by atoms with Gasteiger partial charge >= 0.3 is 0 Å². The monoisotopic (exact) mass is 383 g/mol. The van der Waals surface area contributed by atoms with Crippen LogP contribution in [0.5, 0.6) is 0 Å². The predicted molar refractivity (Wildman–Crippen MR) is 114 cm³/mol. The van der Waals surface area contributed by atoms with E-state index in [1.165, 1.54) is 11.6 Å². The van der Waals surface area contributed by atoms with Gasteiger partial charge in [-0.1, -0.05) is 58.0 Å². The van der Waals surface area contributed by atoms with Crippen LogP contribution in [0.2, 0.25) is 0 Å². The predicted octanol–water partition coefficient (Wildman–Crippen LogP) is 3.72. The van der Waals surface area contributed by atoms with Crippen LogP contribution in [0.15, 0.2) is 41.4 Å². The van der Waals surface area contributed by atoms with Gasteiger partial charge in [-0.2, -0.15) is 0 Å². The summed E-state index contributed by atoms with van der Waals surface area (Å²) in [6.45, 7) is 8.24.